The van der Waals surface area contributed by atoms with Crippen molar-refractivity contribution in [1.82, 2.24) is 10.1 Å². The zero-order chi connectivity index (χ0) is 13.9. The molecule has 2 unspecified atom stereocenters. The van der Waals surface area contributed by atoms with Gasteiger partial charge in [-0.15, -0.1) is 0 Å². The summed E-state index contributed by atoms with van der Waals surface area (Å²) in [6.45, 7) is 0. The number of hydrogen-bond donors (Lipinski definition) is 1. The van der Waals surface area contributed by atoms with Crippen LogP contribution < -0.4 is 0 Å². The molecule has 0 saturated heterocycles. The van der Waals surface area contributed by atoms with E-state index in [2.05, 4.69) is 10.1 Å². The fraction of sp³-hybridized carbons (Fsp3) is 0.800. The van der Waals surface area contributed by atoms with Crippen molar-refractivity contribution in [2.45, 2.75) is 69.6 Å². The van der Waals surface area contributed by atoms with Crippen molar-refractivity contribution >= 4 is 5.97 Å². The normalized spacial score (nSPS) is 28.4. The minimum Gasteiger partial charge on any atom is -0.481 e. The fourth-order valence-electron chi connectivity index (χ4n) is 3.65. The van der Waals surface area contributed by atoms with E-state index in [9.17, 15) is 9.90 Å². The van der Waals surface area contributed by atoms with Crippen LogP contribution in [0.25, 0.3) is 0 Å². The first-order chi connectivity index (χ1) is 9.75. The maximum atomic E-state index is 11.4. The summed E-state index contributed by atoms with van der Waals surface area (Å²) in [5.74, 6) is 0.585. The number of carboxylic acids is 1. The fourth-order valence-corrected chi connectivity index (χ4v) is 3.65. The largest absolute Gasteiger partial charge is 0.481 e. The van der Waals surface area contributed by atoms with Crippen LogP contribution in [0.1, 0.15) is 81.3 Å². The van der Waals surface area contributed by atoms with Gasteiger partial charge in [-0.1, -0.05) is 37.3 Å². The van der Waals surface area contributed by atoms with E-state index in [-0.39, 0.29) is 11.8 Å². The summed E-state index contributed by atoms with van der Waals surface area (Å²) in [5.41, 5.74) is 0. The molecule has 0 amide bonds. The molecule has 1 N–H and O–H groups in total. The van der Waals surface area contributed by atoms with Crippen molar-refractivity contribution in [2.24, 2.45) is 5.92 Å². The Morgan fingerprint density at radius 2 is 1.75 bits per heavy atom. The highest BCUT2D eigenvalue weighted by atomic mass is 16.5. The molecule has 2 atom stereocenters. The molecule has 0 aliphatic heterocycles. The van der Waals surface area contributed by atoms with Crippen LogP contribution in [0.5, 0.6) is 0 Å². The predicted octanol–water partition coefficient (Wildman–Crippen LogP) is 3.48. The van der Waals surface area contributed by atoms with E-state index in [1.54, 1.807) is 0 Å². The summed E-state index contributed by atoms with van der Waals surface area (Å²) >= 11 is 0. The van der Waals surface area contributed by atoms with Gasteiger partial charge < -0.3 is 9.63 Å². The molecule has 2 aliphatic rings. The molecule has 3 rings (SSSR count). The lowest BCUT2D eigenvalue weighted by molar-refractivity contribution is -0.143. The van der Waals surface area contributed by atoms with Crippen molar-refractivity contribution in [3.63, 3.8) is 0 Å². The summed E-state index contributed by atoms with van der Waals surface area (Å²) in [7, 11) is 0. The molecule has 2 saturated carbocycles. The van der Waals surface area contributed by atoms with Gasteiger partial charge in [-0.3, -0.25) is 4.79 Å². The molecule has 110 valence electrons. The highest BCUT2D eigenvalue weighted by Gasteiger charge is 2.36. The first kappa shape index (κ1) is 13.6. The Morgan fingerprint density at radius 3 is 2.50 bits per heavy atom. The molecular formula is C15H22N2O3. The third-order valence-corrected chi connectivity index (χ3v) is 4.83. The lowest BCUT2D eigenvalue weighted by Crippen LogP contribution is -2.25. The summed E-state index contributed by atoms with van der Waals surface area (Å²) in [6, 6.07) is 0. The number of aromatic nitrogens is 2. The number of rotatable bonds is 3. The number of nitrogens with zero attached hydrogens (tertiary/aromatic N) is 2. The summed E-state index contributed by atoms with van der Waals surface area (Å²) in [4.78, 5) is 15.9. The number of carbonyl (C=O) groups is 1. The van der Waals surface area contributed by atoms with Gasteiger partial charge in [0.1, 0.15) is 0 Å². The minimum absolute atomic E-state index is 0.0916. The molecule has 0 bridgehead atoms. The Hall–Kier alpha value is -1.39. The highest BCUT2D eigenvalue weighted by molar-refractivity contribution is 5.71. The van der Waals surface area contributed by atoms with Crippen molar-refractivity contribution in [2.75, 3.05) is 0 Å². The first-order valence-electron chi connectivity index (χ1n) is 7.82. The lowest BCUT2D eigenvalue weighted by Gasteiger charge is -2.25. The highest BCUT2D eigenvalue weighted by Crippen LogP contribution is 2.38. The second kappa shape index (κ2) is 5.94. The van der Waals surface area contributed by atoms with Crippen LogP contribution in [-0.2, 0) is 4.79 Å². The van der Waals surface area contributed by atoms with Crippen LogP contribution in [0.15, 0.2) is 4.52 Å². The van der Waals surface area contributed by atoms with E-state index in [1.807, 2.05) is 0 Å². The number of hydrogen-bond acceptors (Lipinski definition) is 4. The Labute approximate surface area is 118 Å². The topological polar surface area (TPSA) is 76.2 Å². The van der Waals surface area contributed by atoms with Crippen molar-refractivity contribution in [1.29, 1.82) is 0 Å². The third-order valence-electron chi connectivity index (χ3n) is 4.83. The first-order valence-corrected chi connectivity index (χ1v) is 7.82. The molecule has 20 heavy (non-hydrogen) atoms. The zero-order valence-corrected chi connectivity index (χ0v) is 11.8. The zero-order valence-electron chi connectivity index (χ0n) is 11.8. The SMILES string of the molecule is O=C(O)C1CCCCC1c1nc(C2CCCCC2)no1. The molecule has 1 aromatic heterocycles. The number of aliphatic carboxylic acids is 1. The average Bonchev–Trinajstić information content (AvgIpc) is 2.98. The molecule has 2 aliphatic carbocycles. The van der Waals surface area contributed by atoms with Gasteiger partial charge >= 0.3 is 5.97 Å². The maximum absolute atomic E-state index is 11.4. The molecule has 1 aromatic rings. The van der Waals surface area contributed by atoms with Gasteiger partial charge in [0.15, 0.2) is 5.82 Å². The van der Waals surface area contributed by atoms with E-state index in [0.717, 1.165) is 44.3 Å². The van der Waals surface area contributed by atoms with Crippen LogP contribution >= 0.6 is 0 Å². The van der Waals surface area contributed by atoms with E-state index < -0.39 is 5.97 Å². The van der Waals surface area contributed by atoms with Gasteiger partial charge in [0.05, 0.1) is 11.8 Å². The van der Waals surface area contributed by atoms with E-state index in [4.69, 9.17) is 4.52 Å². The van der Waals surface area contributed by atoms with Gasteiger partial charge in [0.2, 0.25) is 5.89 Å². The Bertz CT molecular complexity index is 465. The van der Waals surface area contributed by atoms with Gasteiger partial charge in [0, 0.05) is 5.92 Å². The molecule has 2 fully saturated rings. The van der Waals surface area contributed by atoms with Crippen LogP contribution in [0.2, 0.25) is 0 Å². The van der Waals surface area contributed by atoms with Gasteiger partial charge in [0.25, 0.3) is 0 Å². The molecule has 0 aromatic carbocycles. The van der Waals surface area contributed by atoms with Crippen LogP contribution in [0.3, 0.4) is 0 Å². The summed E-state index contributed by atoms with van der Waals surface area (Å²) in [5, 5.41) is 13.5. The van der Waals surface area contributed by atoms with Crippen LogP contribution in [-0.4, -0.2) is 21.2 Å². The molecule has 0 radical (unpaired) electrons. The Kier molecular flexibility index (Phi) is 4.03. The second-order valence-corrected chi connectivity index (χ2v) is 6.16. The minimum atomic E-state index is -0.730. The second-order valence-electron chi connectivity index (χ2n) is 6.16. The van der Waals surface area contributed by atoms with Crippen LogP contribution in [0, 0.1) is 5.92 Å². The molecular weight excluding hydrogens is 256 g/mol. The Balaban J connectivity index is 1.76. The van der Waals surface area contributed by atoms with E-state index >= 15 is 0 Å². The van der Waals surface area contributed by atoms with Crippen LogP contribution in [0.4, 0.5) is 0 Å². The van der Waals surface area contributed by atoms with E-state index in [0.29, 0.717) is 11.8 Å². The Morgan fingerprint density at radius 1 is 1.05 bits per heavy atom. The maximum Gasteiger partial charge on any atom is 0.307 e. The van der Waals surface area contributed by atoms with Gasteiger partial charge in [-0.25, -0.2) is 0 Å². The standard InChI is InChI=1S/C15H22N2O3/c18-15(19)12-9-5-4-8-11(12)14-16-13(17-20-14)10-6-2-1-3-7-10/h10-12H,1-9H2,(H,18,19). The third kappa shape index (κ3) is 2.72. The van der Waals surface area contributed by atoms with Crippen molar-refractivity contribution in [3.8, 4) is 0 Å². The quantitative estimate of drug-likeness (QED) is 0.916. The molecule has 5 nitrogen and oxygen atoms in total. The molecule has 1 heterocycles. The predicted molar refractivity (Wildman–Crippen MR) is 72.5 cm³/mol. The summed E-state index contributed by atoms with van der Waals surface area (Å²) < 4.78 is 5.41. The molecule has 5 heteroatoms. The smallest absolute Gasteiger partial charge is 0.307 e. The van der Waals surface area contributed by atoms with Crippen molar-refractivity contribution < 1.29 is 14.4 Å². The van der Waals surface area contributed by atoms with Gasteiger partial charge in [-0.05, 0) is 25.7 Å². The lowest BCUT2D eigenvalue weighted by atomic mass is 9.79. The average molecular weight is 278 g/mol. The van der Waals surface area contributed by atoms with Gasteiger partial charge in [-0.2, -0.15) is 4.98 Å². The monoisotopic (exact) mass is 278 g/mol. The van der Waals surface area contributed by atoms with Crippen molar-refractivity contribution in [3.05, 3.63) is 11.7 Å². The summed E-state index contributed by atoms with van der Waals surface area (Å²) in [6.07, 6.45) is 9.63. The molecule has 0 spiro atoms. The van der Waals surface area contributed by atoms with E-state index in [1.165, 1.54) is 19.3 Å². The number of carboxylic acid groups (broad SMARTS) is 1.